The first-order valence-electron chi connectivity index (χ1n) is 13.3. The Kier molecular flexibility index (Phi) is 9.32. The second-order valence-electron chi connectivity index (χ2n) is 11.2. The maximum Gasteiger partial charge on any atom is 4.00 e. The molecule has 0 heterocycles. The summed E-state index contributed by atoms with van der Waals surface area (Å²) >= 11 is 0. The summed E-state index contributed by atoms with van der Waals surface area (Å²) in [5, 5.41) is 5.31. The van der Waals surface area contributed by atoms with Crippen LogP contribution in [0.15, 0.2) is 97.1 Å². The molecule has 1 heteroatoms. The summed E-state index contributed by atoms with van der Waals surface area (Å²) in [5.74, 6) is 0. The maximum atomic E-state index is 2.43. The zero-order valence-electron chi connectivity index (χ0n) is 25.2. The Labute approximate surface area is 260 Å². The fourth-order valence-electron chi connectivity index (χ4n) is 5.91. The van der Waals surface area contributed by atoms with Crippen molar-refractivity contribution in [2.75, 3.05) is 0 Å². The minimum atomic E-state index is -0.115. The molecule has 0 atom stereocenters. The van der Waals surface area contributed by atoms with Gasteiger partial charge in [-0.3, -0.25) is 0 Å². The minimum Gasteiger partial charge on any atom is -0.358 e. The van der Waals surface area contributed by atoms with E-state index in [1.165, 1.54) is 77.2 Å². The number of rotatable bonds is 4. The summed E-state index contributed by atoms with van der Waals surface area (Å²) < 4.78 is 0. The molecular weight excluding hydrogens is 647 g/mol. The topological polar surface area (TPSA) is 0 Å². The molecule has 0 amide bonds. The molecule has 0 bridgehead atoms. The van der Waals surface area contributed by atoms with Gasteiger partial charge in [0.2, 0.25) is 0 Å². The van der Waals surface area contributed by atoms with Gasteiger partial charge in [0.25, 0.3) is 0 Å². The van der Waals surface area contributed by atoms with Crippen LogP contribution in [0.25, 0.3) is 43.8 Å². The van der Waals surface area contributed by atoms with Crippen LogP contribution in [-0.4, -0.2) is 0 Å². The average Bonchev–Trinajstić information content (AvgIpc) is 3.53. The molecule has 6 aromatic rings. The van der Waals surface area contributed by atoms with Crippen molar-refractivity contribution in [3.05, 3.63) is 145 Å². The van der Waals surface area contributed by atoms with Gasteiger partial charge < -0.3 is 14.9 Å². The van der Waals surface area contributed by atoms with Gasteiger partial charge in [0.05, 0.1) is 0 Å². The fraction of sp³-hybridized carbons (Fsp3) is 0.179. The third kappa shape index (κ3) is 5.10. The summed E-state index contributed by atoms with van der Waals surface area (Å²) in [7, 11) is 0. The average molecular weight is 687 g/mol. The smallest absolute Gasteiger partial charge is 0.358 e. The van der Waals surface area contributed by atoms with Gasteiger partial charge in [-0.2, -0.15) is 12.1 Å². The summed E-state index contributed by atoms with van der Waals surface area (Å²) in [5.41, 5.74) is 13.3. The van der Waals surface area contributed by atoms with E-state index in [0.29, 0.717) is 0 Å². The Balaban J connectivity index is 0.00000147. The van der Waals surface area contributed by atoms with Gasteiger partial charge in [-0.1, -0.05) is 73.5 Å². The molecule has 0 aliphatic heterocycles. The van der Waals surface area contributed by atoms with Gasteiger partial charge in [0.1, 0.15) is 0 Å². The van der Waals surface area contributed by atoms with E-state index in [9.17, 15) is 0 Å². The van der Waals surface area contributed by atoms with Gasteiger partial charge in [-0.05, 0) is 66.5 Å². The van der Waals surface area contributed by atoms with E-state index < -0.39 is 0 Å². The van der Waals surface area contributed by atoms with Gasteiger partial charge in [-0.25, -0.2) is 0 Å². The normalized spacial score (nSPS) is 11.2. The van der Waals surface area contributed by atoms with Crippen LogP contribution in [0.4, 0.5) is 0 Å². The molecule has 6 aromatic carbocycles. The van der Waals surface area contributed by atoms with Crippen LogP contribution in [0.3, 0.4) is 0 Å². The Morgan fingerprint density at radius 1 is 0.500 bits per heavy atom. The van der Waals surface area contributed by atoms with E-state index in [1.54, 1.807) is 0 Å². The van der Waals surface area contributed by atoms with E-state index in [-0.39, 0.29) is 46.1 Å². The van der Waals surface area contributed by atoms with Crippen molar-refractivity contribution in [1.29, 1.82) is 0 Å². The molecule has 0 aliphatic carbocycles. The molecular formula is C39H40Hf. The number of hydrogen-bond donors (Lipinski definition) is 0. The quantitative estimate of drug-likeness (QED) is 0.128. The Morgan fingerprint density at radius 2 is 0.850 bits per heavy atom. The Hall–Kier alpha value is -3.03. The zero-order chi connectivity index (χ0) is 25.9. The third-order valence-corrected chi connectivity index (χ3v) is 8.73. The molecule has 0 spiro atoms. The van der Waals surface area contributed by atoms with Crippen molar-refractivity contribution < 1.29 is 25.8 Å². The van der Waals surface area contributed by atoms with E-state index in [2.05, 4.69) is 139 Å². The molecule has 0 saturated carbocycles. The summed E-state index contributed by atoms with van der Waals surface area (Å²) in [6, 6.07) is 36.4. The predicted molar refractivity (Wildman–Crippen MR) is 174 cm³/mol. The summed E-state index contributed by atoms with van der Waals surface area (Å²) in [4.78, 5) is 0. The van der Waals surface area contributed by atoms with Gasteiger partial charge in [0.15, 0.2) is 0 Å². The van der Waals surface area contributed by atoms with Crippen LogP contribution < -0.4 is 0 Å². The first-order chi connectivity index (χ1) is 17.8. The molecule has 0 fully saturated rings. The molecule has 0 radical (unpaired) electrons. The van der Waals surface area contributed by atoms with E-state index in [0.717, 1.165) is 0 Å². The number of aryl methyl sites for hydroxylation is 2. The van der Waals surface area contributed by atoms with E-state index in [4.69, 9.17) is 0 Å². The molecule has 0 unspecified atom stereocenters. The summed E-state index contributed by atoms with van der Waals surface area (Å²) in [6.07, 6.45) is 0. The maximum absolute atomic E-state index is 2.43. The predicted octanol–water partition coefficient (Wildman–Crippen LogP) is 11.2. The van der Waals surface area contributed by atoms with Crippen molar-refractivity contribution in [3.8, 4) is 22.3 Å². The largest absolute Gasteiger partial charge is 4.00 e. The zero-order valence-corrected chi connectivity index (χ0v) is 28.8. The van der Waals surface area contributed by atoms with Gasteiger partial charge in [0, 0.05) is 0 Å². The fourth-order valence-corrected chi connectivity index (χ4v) is 5.91. The van der Waals surface area contributed by atoms with E-state index in [1.807, 2.05) is 0 Å². The van der Waals surface area contributed by atoms with Crippen molar-refractivity contribution in [2.45, 2.75) is 47.0 Å². The monoisotopic (exact) mass is 688 g/mol. The first kappa shape index (κ1) is 31.5. The molecule has 0 nitrogen and oxygen atoms in total. The van der Waals surface area contributed by atoms with Crippen LogP contribution in [0, 0.1) is 42.5 Å². The number of fused-ring (bicyclic) bond motifs is 2. The molecule has 6 rings (SSSR count). The minimum absolute atomic E-state index is 0. The van der Waals surface area contributed by atoms with Gasteiger partial charge in [-0.15, -0.1) is 69.1 Å². The van der Waals surface area contributed by atoms with Crippen LogP contribution in [0.2, 0.25) is 0 Å². The first-order valence-corrected chi connectivity index (χ1v) is 13.3. The van der Waals surface area contributed by atoms with Crippen LogP contribution in [0.1, 0.15) is 47.2 Å². The molecule has 0 N–H and O–H groups in total. The Morgan fingerprint density at radius 3 is 1.25 bits per heavy atom. The van der Waals surface area contributed by atoms with Crippen molar-refractivity contribution in [3.63, 3.8) is 0 Å². The van der Waals surface area contributed by atoms with Crippen molar-refractivity contribution >= 4 is 21.5 Å². The summed E-state index contributed by atoms with van der Waals surface area (Å²) in [6.45, 7) is 13.6. The van der Waals surface area contributed by atoms with E-state index >= 15 is 0 Å². The molecule has 40 heavy (non-hydrogen) atoms. The molecule has 0 aromatic heterocycles. The van der Waals surface area contributed by atoms with Gasteiger partial charge >= 0.3 is 25.8 Å². The van der Waals surface area contributed by atoms with Crippen molar-refractivity contribution in [2.24, 2.45) is 0 Å². The molecule has 0 aliphatic rings. The third-order valence-electron chi connectivity index (χ3n) is 8.73. The SMILES string of the molecule is Cc1cccc(-c2cccc3[cH-]c(C(C)(C)c4cc5c(-c6cccc(C)c6C)cccc5[cH-]4)cc23)c1C.[CH3-].[CH3-].[Hf+4]. The standard InChI is InChI=1S/C37H34.2CH3.Hf/c1-23-11-7-15-31(25(23)3)33-17-9-13-27-19-29(21-35(27)33)37(5,6)30-20-28-14-10-18-34(36(28)22-30)32-16-8-12-24(2)26(32)4;;;/h7-22H,1-6H3;2*1H3;/q-2;2*-1;+4. The second kappa shape index (κ2) is 11.8. The number of hydrogen-bond acceptors (Lipinski definition) is 0. The van der Waals surface area contributed by atoms with Crippen molar-refractivity contribution in [1.82, 2.24) is 0 Å². The number of benzene rings is 4. The Bertz CT molecular complexity index is 1660. The second-order valence-corrected chi connectivity index (χ2v) is 11.2. The van der Waals surface area contributed by atoms with Crippen LogP contribution in [0.5, 0.6) is 0 Å². The molecule has 0 saturated heterocycles. The molecule has 200 valence electrons. The van der Waals surface area contributed by atoms with Crippen LogP contribution >= 0.6 is 0 Å². The van der Waals surface area contributed by atoms with Crippen LogP contribution in [-0.2, 0) is 31.3 Å².